The number of nitrogens with two attached hydrogens (primary N) is 1. The van der Waals surface area contributed by atoms with Crippen LogP contribution in [-0.2, 0) is 21.3 Å². The maximum Gasteiger partial charge on any atom is 0.262 e. The molecule has 0 spiro atoms. The molecule has 17 heavy (non-hydrogen) atoms. The third-order valence-corrected chi connectivity index (χ3v) is 4.33. The summed E-state index contributed by atoms with van der Waals surface area (Å²) in [5.74, 6) is 0. The van der Waals surface area contributed by atoms with E-state index in [-0.39, 0.29) is 18.1 Å². The number of methoxy groups -OCH3 is 1. The monoisotopic (exact) mass is 262 g/mol. The molecule has 1 rings (SSSR count). The molecule has 0 bridgehead atoms. The summed E-state index contributed by atoms with van der Waals surface area (Å²) in [4.78, 5) is 0. The highest BCUT2D eigenvalue weighted by Crippen LogP contribution is 2.18. The Labute approximate surface area is 101 Å². The predicted molar refractivity (Wildman–Crippen MR) is 62.9 cm³/mol. The number of aryl methyl sites for hydroxylation is 1. The van der Waals surface area contributed by atoms with Gasteiger partial charge < -0.3 is 10.5 Å². The van der Waals surface area contributed by atoms with Crippen molar-refractivity contribution in [1.82, 2.24) is 14.5 Å². The highest BCUT2D eigenvalue weighted by atomic mass is 32.2. The minimum absolute atomic E-state index is 0.00361. The van der Waals surface area contributed by atoms with Gasteiger partial charge in [-0.05, 0) is 6.92 Å². The minimum atomic E-state index is -3.60. The van der Waals surface area contributed by atoms with Gasteiger partial charge >= 0.3 is 0 Å². The summed E-state index contributed by atoms with van der Waals surface area (Å²) in [6.45, 7) is 2.48. The molecule has 0 fully saturated rings. The molecule has 0 aliphatic carbocycles. The van der Waals surface area contributed by atoms with Gasteiger partial charge in [0.05, 0.1) is 6.61 Å². The van der Waals surface area contributed by atoms with Gasteiger partial charge in [0.25, 0.3) is 10.0 Å². The molecule has 0 aliphatic rings. The lowest BCUT2D eigenvalue weighted by molar-refractivity contribution is 0.185. The predicted octanol–water partition coefficient (Wildman–Crippen LogP) is -0.556. The Bertz CT molecular complexity index is 469. The van der Waals surface area contributed by atoms with E-state index < -0.39 is 10.0 Å². The van der Waals surface area contributed by atoms with Crippen LogP contribution >= 0.6 is 0 Å². The van der Waals surface area contributed by atoms with E-state index in [1.54, 1.807) is 6.92 Å². The number of hydrogen-bond donors (Lipinski definition) is 2. The van der Waals surface area contributed by atoms with Gasteiger partial charge in [-0.25, -0.2) is 8.42 Å². The molecule has 98 valence electrons. The smallest absolute Gasteiger partial charge is 0.262 e. The van der Waals surface area contributed by atoms with Crippen molar-refractivity contribution in [1.29, 1.82) is 0 Å². The quantitative estimate of drug-likeness (QED) is 0.716. The molecule has 0 saturated carbocycles. The Morgan fingerprint density at radius 1 is 1.53 bits per heavy atom. The first-order valence-electron chi connectivity index (χ1n) is 5.14. The third-order valence-electron chi connectivity index (χ3n) is 2.51. The van der Waals surface area contributed by atoms with E-state index in [0.29, 0.717) is 17.9 Å². The molecule has 0 radical (unpaired) electrons. The van der Waals surface area contributed by atoms with Gasteiger partial charge in [-0.2, -0.15) is 9.40 Å². The van der Waals surface area contributed by atoms with Crippen LogP contribution in [0.5, 0.6) is 0 Å². The molecule has 0 aliphatic heterocycles. The zero-order chi connectivity index (χ0) is 13.1. The molecule has 8 heteroatoms. The number of nitrogens with one attached hydrogen (secondary N) is 1. The lowest BCUT2D eigenvalue weighted by atomic mass is 10.3. The normalized spacial score (nSPS) is 12.3. The third kappa shape index (κ3) is 2.83. The lowest BCUT2D eigenvalue weighted by Crippen LogP contribution is -2.31. The largest absolute Gasteiger partial charge is 0.383 e. The molecule has 0 amide bonds. The molecule has 0 unspecified atom stereocenters. The van der Waals surface area contributed by atoms with Crippen LogP contribution in [0.25, 0.3) is 0 Å². The zero-order valence-corrected chi connectivity index (χ0v) is 11.0. The van der Waals surface area contributed by atoms with Gasteiger partial charge in [-0.1, -0.05) is 0 Å². The second-order valence-electron chi connectivity index (χ2n) is 3.66. The summed E-state index contributed by atoms with van der Waals surface area (Å²) in [7, 11) is -0.599. The van der Waals surface area contributed by atoms with Crippen LogP contribution in [0.4, 0.5) is 0 Å². The lowest BCUT2D eigenvalue weighted by Gasteiger charge is -2.15. The van der Waals surface area contributed by atoms with E-state index >= 15 is 0 Å². The van der Waals surface area contributed by atoms with E-state index in [1.165, 1.54) is 18.5 Å². The van der Waals surface area contributed by atoms with Crippen molar-refractivity contribution in [2.45, 2.75) is 18.5 Å². The number of H-pyrrole nitrogens is 1. The number of rotatable bonds is 6. The van der Waals surface area contributed by atoms with Crippen LogP contribution < -0.4 is 5.73 Å². The number of likely N-dealkylation sites (N-methyl/N-ethyl adjacent to an activating group) is 1. The van der Waals surface area contributed by atoms with Gasteiger partial charge in [0.2, 0.25) is 0 Å². The summed E-state index contributed by atoms with van der Waals surface area (Å²) < 4.78 is 30.4. The van der Waals surface area contributed by atoms with E-state index in [9.17, 15) is 8.42 Å². The number of hydrogen-bond acceptors (Lipinski definition) is 5. The minimum Gasteiger partial charge on any atom is -0.383 e. The van der Waals surface area contributed by atoms with Crippen molar-refractivity contribution >= 4 is 10.0 Å². The van der Waals surface area contributed by atoms with Gasteiger partial charge in [0, 0.05) is 38.5 Å². The second kappa shape index (κ2) is 5.58. The van der Waals surface area contributed by atoms with Crippen LogP contribution in [-0.4, -0.2) is 50.2 Å². The van der Waals surface area contributed by atoms with Crippen LogP contribution in [0, 0.1) is 6.92 Å². The first-order chi connectivity index (χ1) is 7.95. The summed E-state index contributed by atoms with van der Waals surface area (Å²) in [6, 6.07) is 0. The van der Waals surface area contributed by atoms with E-state index in [1.807, 2.05) is 0 Å². The number of nitrogens with zero attached hydrogens (tertiary/aromatic N) is 2. The van der Waals surface area contributed by atoms with Crippen molar-refractivity contribution in [3.8, 4) is 0 Å². The van der Waals surface area contributed by atoms with Crippen LogP contribution in [0.3, 0.4) is 0 Å². The Hall–Kier alpha value is -0.960. The van der Waals surface area contributed by atoms with Crippen LogP contribution in [0.15, 0.2) is 5.03 Å². The van der Waals surface area contributed by atoms with E-state index in [0.717, 1.165) is 0 Å². The number of aromatic amines is 1. The highest BCUT2D eigenvalue weighted by molar-refractivity contribution is 7.89. The maximum atomic E-state index is 12.2. The SMILES string of the molecule is COCCN(C)S(=O)(=O)c1n[nH]c(C)c1CN. The Morgan fingerprint density at radius 2 is 2.18 bits per heavy atom. The van der Waals surface area contributed by atoms with Crippen molar-refractivity contribution in [2.75, 3.05) is 27.3 Å². The van der Waals surface area contributed by atoms with Gasteiger partial charge in [-0.3, -0.25) is 5.10 Å². The Balaban J connectivity index is 3.04. The molecule has 0 aromatic carbocycles. The zero-order valence-electron chi connectivity index (χ0n) is 10.2. The molecular weight excluding hydrogens is 244 g/mol. The fraction of sp³-hybridized carbons (Fsp3) is 0.667. The van der Waals surface area contributed by atoms with E-state index in [4.69, 9.17) is 10.5 Å². The summed E-state index contributed by atoms with van der Waals surface area (Å²) in [6.07, 6.45) is 0. The molecular formula is C9H18N4O3S. The second-order valence-corrected chi connectivity index (χ2v) is 5.62. The van der Waals surface area contributed by atoms with Crippen molar-refractivity contribution in [3.05, 3.63) is 11.3 Å². The fourth-order valence-corrected chi connectivity index (χ4v) is 2.69. The molecule has 7 nitrogen and oxygen atoms in total. The fourth-order valence-electron chi connectivity index (χ4n) is 1.37. The molecule has 1 heterocycles. The molecule has 1 aromatic heterocycles. The van der Waals surface area contributed by atoms with Crippen molar-refractivity contribution < 1.29 is 13.2 Å². The van der Waals surface area contributed by atoms with Crippen LogP contribution in [0.2, 0.25) is 0 Å². The molecule has 1 aromatic rings. The first-order valence-corrected chi connectivity index (χ1v) is 6.58. The Morgan fingerprint density at radius 3 is 2.71 bits per heavy atom. The number of sulfonamides is 1. The van der Waals surface area contributed by atoms with E-state index in [2.05, 4.69) is 10.2 Å². The van der Waals surface area contributed by atoms with Gasteiger partial charge in [-0.15, -0.1) is 0 Å². The summed E-state index contributed by atoms with van der Waals surface area (Å²) >= 11 is 0. The molecule has 0 saturated heterocycles. The average molecular weight is 262 g/mol. The van der Waals surface area contributed by atoms with Gasteiger partial charge in [0.15, 0.2) is 5.03 Å². The summed E-state index contributed by atoms with van der Waals surface area (Å²) in [5, 5.41) is 6.45. The number of ether oxygens (including phenoxy) is 1. The number of aromatic nitrogens is 2. The molecule has 3 N–H and O–H groups in total. The Kier molecular flexibility index (Phi) is 4.63. The highest BCUT2D eigenvalue weighted by Gasteiger charge is 2.27. The average Bonchev–Trinajstić information content (AvgIpc) is 2.67. The van der Waals surface area contributed by atoms with Gasteiger partial charge in [0.1, 0.15) is 0 Å². The van der Waals surface area contributed by atoms with Crippen LogP contribution in [0.1, 0.15) is 11.3 Å². The first kappa shape index (κ1) is 14.1. The topological polar surface area (TPSA) is 101 Å². The van der Waals surface area contributed by atoms with Crippen molar-refractivity contribution in [2.24, 2.45) is 5.73 Å². The maximum absolute atomic E-state index is 12.2. The summed E-state index contributed by atoms with van der Waals surface area (Å²) in [5.41, 5.74) is 6.72. The van der Waals surface area contributed by atoms with Crippen molar-refractivity contribution in [3.63, 3.8) is 0 Å². The molecule has 0 atom stereocenters. The standard InChI is InChI=1S/C9H18N4O3S/c1-7-8(6-10)9(12-11-7)17(14,15)13(2)4-5-16-3/h4-6,10H2,1-3H3,(H,11,12).